The normalized spacial score (nSPS) is 12.4. The predicted molar refractivity (Wildman–Crippen MR) is 35.4 cm³/mol. The molecule has 3 heteroatoms. The van der Waals surface area contributed by atoms with E-state index < -0.39 is 0 Å². The Morgan fingerprint density at radius 2 is 2.12 bits per heavy atom. The maximum absolute atomic E-state index is 10.3. The molecule has 0 aromatic carbocycles. The van der Waals surface area contributed by atoms with Gasteiger partial charge in [-0.25, -0.2) is 0 Å². The third-order valence-electron chi connectivity index (χ3n) is 1.00. The summed E-state index contributed by atoms with van der Waals surface area (Å²) in [5.41, 5.74) is 5.25. The van der Waals surface area contributed by atoms with Crippen molar-refractivity contribution < 1.29 is 4.57 Å². The van der Waals surface area contributed by atoms with Crippen LogP contribution in [0.15, 0.2) is 0 Å². The first-order chi connectivity index (χ1) is 3.62. The minimum Gasteiger partial charge on any atom is -0.330 e. The van der Waals surface area contributed by atoms with E-state index in [4.69, 9.17) is 5.73 Å². The average Bonchev–Trinajstić information content (AvgIpc) is 1.67. The van der Waals surface area contributed by atoms with Gasteiger partial charge in [-0.3, -0.25) is 4.57 Å². The zero-order valence-corrected chi connectivity index (χ0v) is 6.24. The van der Waals surface area contributed by atoms with E-state index in [0.29, 0.717) is 6.54 Å². The molecule has 0 unspecified atom stereocenters. The average molecular weight is 133 g/mol. The van der Waals surface area contributed by atoms with Crippen molar-refractivity contribution in [1.29, 1.82) is 0 Å². The second-order valence-electron chi connectivity index (χ2n) is 2.44. The molecule has 0 bridgehead atoms. The van der Waals surface area contributed by atoms with E-state index in [1.54, 1.807) is 0 Å². The molecule has 8 heavy (non-hydrogen) atoms. The van der Waals surface area contributed by atoms with E-state index in [1.807, 2.05) is 13.8 Å². The molecule has 0 rings (SSSR count). The van der Waals surface area contributed by atoms with Crippen LogP contribution < -0.4 is 5.73 Å². The SMILES string of the molecule is CC(C)(CCN)P=O. The molecular weight excluding hydrogens is 121 g/mol. The van der Waals surface area contributed by atoms with E-state index in [1.165, 1.54) is 0 Å². The Morgan fingerprint density at radius 3 is 2.25 bits per heavy atom. The Bertz CT molecular complexity index is 82.5. The fourth-order valence-corrected chi connectivity index (χ4v) is 0.619. The summed E-state index contributed by atoms with van der Waals surface area (Å²) in [6.45, 7) is 4.46. The first kappa shape index (κ1) is 8.06. The van der Waals surface area contributed by atoms with E-state index >= 15 is 0 Å². The minimum absolute atomic E-state index is 0.116. The van der Waals surface area contributed by atoms with Crippen molar-refractivity contribution in [2.75, 3.05) is 6.54 Å². The summed E-state index contributed by atoms with van der Waals surface area (Å²) in [7, 11) is 0.191. The largest absolute Gasteiger partial charge is 0.330 e. The van der Waals surface area contributed by atoms with Crippen LogP contribution in [0.1, 0.15) is 20.3 Å². The third-order valence-corrected chi connectivity index (χ3v) is 1.72. The minimum atomic E-state index is -0.116. The molecule has 48 valence electrons. The van der Waals surface area contributed by atoms with Crippen LogP contribution in [0.5, 0.6) is 0 Å². The van der Waals surface area contributed by atoms with Crippen LogP contribution in [-0.2, 0) is 4.57 Å². The van der Waals surface area contributed by atoms with Crippen LogP contribution in [0.2, 0.25) is 0 Å². The zero-order valence-electron chi connectivity index (χ0n) is 5.35. The highest BCUT2D eigenvalue weighted by Gasteiger charge is 2.15. The molecule has 2 nitrogen and oxygen atoms in total. The summed E-state index contributed by atoms with van der Waals surface area (Å²) in [6, 6.07) is 0. The molecular formula is C5H12NOP. The second kappa shape index (κ2) is 3.16. The smallest absolute Gasteiger partial charge is 0.161 e. The van der Waals surface area contributed by atoms with Crippen molar-refractivity contribution in [3.63, 3.8) is 0 Å². The van der Waals surface area contributed by atoms with Crippen molar-refractivity contribution in [2.45, 2.75) is 25.4 Å². The van der Waals surface area contributed by atoms with Gasteiger partial charge in [0, 0.05) is 5.16 Å². The molecule has 0 aliphatic rings. The number of hydrogen-bond donors (Lipinski definition) is 1. The Hall–Kier alpha value is 0.0600. The van der Waals surface area contributed by atoms with Crippen molar-refractivity contribution in [1.82, 2.24) is 0 Å². The lowest BCUT2D eigenvalue weighted by molar-refractivity contribution is 0.556. The lowest BCUT2D eigenvalue weighted by Crippen LogP contribution is -2.16. The van der Waals surface area contributed by atoms with Gasteiger partial charge in [-0.2, -0.15) is 0 Å². The van der Waals surface area contributed by atoms with Crippen LogP contribution in [0.4, 0.5) is 0 Å². The van der Waals surface area contributed by atoms with Crippen molar-refractivity contribution in [3.05, 3.63) is 0 Å². The van der Waals surface area contributed by atoms with Gasteiger partial charge in [-0.05, 0) is 26.8 Å². The fourth-order valence-electron chi connectivity index (χ4n) is 0.399. The monoisotopic (exact) mass is 133 g/mol. The highest BCUT2D eigenvalue weighted by molar-refractivity contribution is 7.25. The van der Waals surface area contributed by atoms with Crippen LogP contribution in [0.25, 0.3) is 0 Å². The van der Waals surface area contributed by atoms with Gasteiger partial charge >= 0.3 is 0 Å². The Kier molecular flexibility index (Phi) is 3.18. The Labute approximate surface area is 51.7 Å². The van der Waals surface area contributed by atoms with Crippen LogP contribution in [0, 0.1) is 0 Å². The quantitative estimate of drug-likeness (QED) is 0.591. The van der Waals surface area contributed by atoms with Gasteiger partial charge in [0.05, 0.1) is 0 Å². The van der Waals surface area contributed by atoms with E-state index in [9.17, 15) is 4.57 Å². The zero-order chi connectivity index (χ0) is 6.62. The van der Waals surface area contributed by atoms with Crippen LogP contribution >= 0.6 is 8.46 Å². The Balaban J connectivity index is 3.53. The van der Waals surface area contributed by atoms with Gasteiger partial charge in [0.25, 0.3) is 0 Å². The van der Waals surface area contributed by atoms with E-state index in [2.05, 4.69) is 0 Å². The number of rotatable bonds is 3. The summed E-state index contributed by atoms with van der Waals surface area (Å²) < 4.78 is 10.3. The highest BCUT2D eigenvalue weighted by Crippen LogP contribution is 2.24. The molecule has 0 fully saturated rings. The molecule has 0 aliphatic carbocycles. The molecule has 0 spiro atoms. The summed E-state index contributed by atoms with van der Waals surface area (Å²) in [6.07, 6.45) is 0.818. The maximum atomic E-state index is 10.3. The maximum Gasteiger partial charge on any atom is 0.161 e. The molecule has 0 radical (unpaired) electrons. The molecule has 0 saturated carbocycles. The molecule has 0 atom stereocenters. The molecule has 0 aromatic rings. The van der Waals surface area contributed by atoms with Crippen molar-refractivity contribution in [3.8, 4) is 0 Å². The van der Waals surface area contributed by atoms with Gasteiger partial charge in [0.1, 0.15) is 0 Å². The first-order valence-corrected chi connectivity index (χ1v) is 3.48. The lowest BCUT2D eigenvalue weighted by Gasteiger charge is -2.11. The highest BCUT2D eigenvalue weighted by atomic mass is 31.1. The second-order valence-corrected chi connectivity index (χ2v) is 3.84. The van der Waals surface area contributed by atoms with Gasteiger partial charge in [0.15, 0.2) is 8.46 Å². The molecule has 0 aromatic heterocycles. The van der Waals surface area contributed by atoms with Gasteiger partial charge < -0.3 is 5.73 Å². The first-order valence-electron chi connectivity index (χ1n) is 2.67. The van der Waals surface area contributed by atoms with Gasteiger partial charge in [-0.1, -0.05) is 0 Å². The standard InChI is InChI=1S/C5H12NOP/c1-5(2,8-7)3-4-6/h3-4,6H2,1-2H3. The molecule has 0 saturated heterocycles. The predicted octanol–water partition coefficient (Wildman–Crippen LogP) is 1.41. The topological polar surface area (TPSA) is 43.1 Å². The summed E-state index contributed by atoms with van der Waals surface area (Å²) in [4.78, 5) is 0. The van der Waals surface area contributed by atoms with Crippen molar-refractivity contribution >= 4 is 8.46 Å². The summed E-state index contributed by atoms with van der Waals surface area (Å²) >= 11 is 0. The molecule has 2 N–H and O–H groups in total. The Morgan fingerprint density at radius 1 is 1.62 bits per heavy atom. The summed E-state index contributed by atoms with van der Waals surface area (Å²) in [5.74, 6) is 0. The molecule has 0 amide bonds. The fraction of sp³-hybridized carbons (Fsp3) is 1.00. The lowest BCUT2D eigenvalue weighted by atomic mass is 10.1. The molecule has 0 aliphatic heterocycles. The van der Waals surface area contributed by atoms with Crippen LogP contribution in [0.3, 0.4) is 0 Å². The van der Waals surface area contributed by atoms with Crippen LogP contribution in [-0.4, -0.2) is 11.7 Å². The summed E-state index contributed by atoms with van der Waals surface area (Å²) in [5, 5.41) is -0.116. The van der Waals surface area contributed by atoms with E-state index in [-0.39, 0.29) is 13.6 Å². The van der Waals surface area contributed by atoms with Gasteiger partial charge in [0.2, 0.25) is 0 Å². The van der Waals surface area contributed by atoms with Crippen molar-refractivity contribution in [2.24, 2.45) is 5.73 Å². The molecule has 0 heterocycles. The number of nitrogens with two attached hydrogens (primary N) is 1. The van der Waals surface area contributed by atoms with E-state index in [0.717, 1.165) is 6.42 Å². The number of hydrogen-bond acceptors (Lipinski definition) is 2. The third kappa shape index (κ3) is 3.11. The van der Waals surface area contributed by atoms with Gasteiger partial charge in [-0.15, -0.1) is 0 Å².